The van der Waals surface area contributed by atoms with Gasteiger partial charge in [0.25, 0.3) is 0 Å². The van der Waals surface area contributed by atoms with Crippen LogP contribution in [0.5, 0.6) is 0 Å². The molecule has 4 nitrogen and oxygen atoms in total. The fraction of sp³-hybridized carbons (Fsp3) is 0.933. The maximum Gasteiger partial charge on any atom is 0.342 e. The molecule has 0 N–H and O–H groups in total. The summed E-state index contributed by atoms with van der Waals surface area (Å²) in [5.41, 5.74) is 0.236. The molecule has 1 unspecified atom stereocenters. The van der Waals surface area contributed by atoms with E-state index in [4.69, 9.17) is 14.5 Å². The van der Waals surface area contributed by atoms with Gasteiger partial charge in [0.1, 0.15) is 0 Å². The normalized spacial score (nSPS) is 13.3. The van der Waals surface area contributed by atoms with Crippen molar-refractivity contribution in [3.63, 3.8) is 0 Å². The highest BCUT2D eigenvalue weighted by Crippen LogP contribution is 2.26. The van der Waals surface area contributed by atoms with Crippen molar-refractivity contribution in [1.29, 1.82) is 0 Å². The average molecular weight is 274 g/mol. The van der Waals surface area contributed by atoms with E-state index in [1.54, 1.807) is 0 Å². The highest BCUT2D eigenvalue weighted by atomic mass is 17.2. The fourth-order valence-corrected chi connectivity index (χ4v) is 2.05. The zero-order valence-corrected chi connectivity index (χ0v) is 13.2. The summed E-state index contributed by atoms with van der Waals surface area (Å²) in [5.74, 6) is 0.0376. The number of rotatable bonds is 10. The van der Waals surface area contributed by atoms with E-state index in [0.717, 1.165) is 32.5 Å². The maximum atomic E-state index is 11.5. The molecule has 0 aromatic heterocycles. The van der Waals surface area contributed by atoms with Gasteiger partial charge in [-0.25, -0.2) is 4.79 Å². The predicted octanol–water partition coefficient (Wildman–Crippen LogP) is 3.74. The van der Waals surface area contributed by atoms with Crippen molar-refractivity contribution in [2.75, 3.05) is 19.8 Å². The third-order valence-corrected chi connectivity index (χ3v) is 2.60. The Morgan fingerprint density at radius 1 is 1.16 bits per heavy atom. The Balaban J connectivity index is 3.49. The molecular weight excluding hydrogens is 244 g/mol. The highest BCUT2D eigenvalue weighted by Gasteiger charge is 2.18. The molecule has 0 bridgehead atoms. The lowest BCUT2D eigenvalue weighted by Crippen LogP contribution is -2.16. The van der Waals surface area contributed by atoms with Gasteiger partial charge in [0.05, 0.1) is 13.0 Å². The van der Waals surface area contributed by atoms with Gasteiger partial charge in [0, 0.05) is 13.2 Å². The predicted molar refractivity (Wildman–Crippen MR) is 75.6 cm³/mol. The molecule has 4 heteroatoms. The van der Waals surface area contributed by atoms with Gasteiger partial charge in [-0.2, -0.15) is 4.89 Å². The van der Waals surface area contributed by atoms with Crippen molar-refractivity contribution < 1.29 is 19.3 Å². The largest absolute Gasteiger partial charge is 0.382 e. The zero-order chi connectivity index (χ0) is 14.7. The number of hydrogen-bond acceptors (Lipinski definition) is 4. The van der Waals surface area contributed by atoms with Crippen LogP contribution in [0.1, 0.15) is 60.3 Å². The summed E-state index contributed by atoms with van der Waals surface area (Å²) in [6, 6.07) is 0. The molecule has 114 valence electrons. The first-order valence-electron chi connectivity index (χ1n) is 7.25. The summed E-state index contributed by atoms with van der Waals surface area (Å²) >= 11 is 0. The van der Waals surface area contributed by atoms with Gasteiger partial charge in [-0.3, -0.25) is 4.89 Å². The fourth-order valence-electron chi connectivity index (χ4n) is 2.05. The van der Waals surface area contributed by atoms with E-state index < -0.39 is 0 Å². The monoisotopic (exact) mass is 274 g/mol. The van der Waals surface area contributed by atoms with Crippen LogP contribution in [0.25, 0.3) is 0 Å². The van der Waals surface area contributed by atoms with Crippen LogP contribution >= 0.6 is 0 Å². The minimum Gasteiger partial charge on any atom is -0.382 e. The van der Waals surface area contributed by atoms with E-state index in [2.05, 4.69) is 27.7 Å². The average Bonchev–Trinajstić information content (AvgIpc) is 2.25. The molecule has 0 amide bonds. The molecule has 0 radical (unpaired) electrons. The van der Waals surface area contributed by atoms with E-state index in [9.17, 15) is 4.79 Å². The Kier molecular flexibility index (Phi) is 9.88. The lowest BCUT2D eigenvalue weighted by molar-refractivity contribution is -0.273. The summed E-state index contributed by atoms with van der Waals surface area (Å²) in [5, 5.41) is 0. The molecular formula is C15H30O4. The summed E-state index contributed by atoms with van der Waals surface area (Å²) in [4.78, 5) is 21.2. The van der Waals surface area contributed by atoms with Gasteiger partial charge >= 0.3 is 5.97 Å². The Hall–Kier alpha value is -0.610. The molecule has 0 aliphatic carbocycles. The van der Waals surface area contributed by atoms with Gasteiger partial charge < -0.3 is 4.74 Å². The van der Waals surface area contributed by atoms with Crippen LogP contribution in [0.2, 0.25) is 0 Å². The zero-order valence-electron chi connectivity index (χ0n) is 13.2. The number of carbonyl (C=O) groups is 1. The minimum absolute atomic E-state index is 0.236. The van der Waals surface area contributed by atoms with Crippen LogP contribution in [0.3, 0.4) is 0 Å². The van der Waals surface area contributed by atoms with Crippen LogP contribution in [-0.4, -0.2) is 25.8 Å². The van der Waals surface area contributed by atoms with Crippen LogP contribution in [0.4, 0.5) is 0 Å². The van der Waals surface area contributed by atoms with E-state index in [1.165, 1.54) is 0 Å². The molecule has 0 fully saturated rings. The number of ether oxygens (including phenoxy) is 1. The molecule has 0 heterocycles. The molecule has 19 heavy (non-hydrogen) atoms. The highest BCUT2D eigenvalue weighted by molar-refractivity contribution is 5.68. The second-order valence-electron chi connectivity index (χ2n) is 6.26. The number of hydrogen-bond donors (Lipinski definition) is 0. The van der Waals surface area contributed by atoms with Crippen molar-refractivity contribution >= 4 is 5.97 Å². The topological polar surface area (TPSA) is 44.8 Å². The molecule has 0 aliphatic rings. The minimum atomic E-state index is -0.276. The molecule has 0 rings (SSSR count). The van der Waals surface area contributed by atoms with E-state index in [1.807, 2.05) is 6.92 Å². The molecule has 0 saturated carbocycles. The quantitative estimate of drug-likeness (QED) is 0.346. The van der Waals surface area contributed by atoms with Gasteiger partial charge in [-0.15, -0.1) is 0 Å². The molecule has 0 aliphatic heterocycles. The summed E-state index contributed by atoms with van der Waals surface area (Å²) < 4.78 is 5.20. The van der Waals surface area contributed by atoms with E-state index in [0.29, 0.717) is 18.9 Å². The second kappa shape index (κ2) is 10.2. The van der Waals surface area contributed by atoms with Gasteiger partial charge in [-0.05, 0) is 37.5 Å². The number of unbranched alkanes of at least 4 members (excludes halogenated alkanes) is 1. The van der Waals surface area contributed by atoms with Crippen molar-refractivity contribution in [2.24, 2.45) is 11.3 Å². The van der Waals surface area contributed by atoms with Gasteiger partial charge in [0.15, 0.2) is 0 Å². The summed E-state index contributed by atoms with van der Waals surface area (Å²) in [6.45, 7) is 12.5. The second-order valence-corrected chi connectivity index (χ2v) is 6.26. The van der Waals surface area contributed by atoms with Crippen molar-refractivity contribution in [1.82, 2.24) is 0 Å². The van der Waals surface area contributed by atoms with E-state index in [-0.39, 0.29) is 11.4 Å². The molecule has 0 aromatic rings. The van der Waals surface area contributed by atoms with Crippen LogP contribution in [-0.2, 0) is 19.3 Å². The van der Waals surface area contributed by atoms with Crippen molar-refractivity contribution in [2.45, 2.75) is 60.3 Å². The number of carbonyl (C=O) groups excluding carboxylic acids is 1. The smallest absolute Gasteiger partial charge is 0.342 e. The molecule has 1 atom stereocenters. The first-order valence-corrected chi connectivity index (χ1v) is 7.25. The Labute approximate surface area is 117 Å². The van der Waals surface area contributed by atoms with Crippen LogP contribution < -0.4 is 0 Å². The molecule has 0 spiro atoms. The standard InChI is InChI=1S/C15H30O4/c1-6-17-9-7-8-10-18-19-14(16)11-13(2)12-15(3,4)5/h13H,6-12H2,1-5H3. The lowest BCUT2D eigenvalue weighted by atomic mass is 9.84. The van der Waals surface area contributed by atoms with Crippen molar-refractivity contribution in [3.8, 4) is 0 Å². The summed E-state index contributed by atoms with van der Waals surface area (Å²) in [6.07, 6.45) is 3.17. The Morgan fingerprint density at radius 3 is 2.37 bits per heavy atom. The van der Waals surface area contributed by atoms with E-state index >= 15 is 0 Å². The SMILES string of the molecule is CCOCCCCOOC(=O)CC(C)CC(C)(C)C. The Bertz CT molecular complexity index is 233. The van der Waals surface area contributed by atoms with Crippen LogP contribution in [0.15, 0.2) is 0 Å². The van der Waals surface area contributed by atoms with Crippen LogP contribution in [0, 0.1) is 11.3 Å². The maximum absolute atomic E-state index is 11.5. The molecule has 0 aromatic carbocycles. The summed E-state index contributed by atoms with van der Waals surface area (Å²) in [7, 11) is 0. The third-order valence-electron chi connectivity index (χ3n) is 2.60. The van der Waals surface area contributed by atoms with Gasteiger partial charge in [0.2, 0.25) is 0 Å². The first-order chi connectivity index (χ1) is 8.85. The molecule has 0 saturated heterocycles. The lowest BCUT2D eigenvalue weighted by Gasteiger charge is -2.22. The third kappa shape index (κ3) is 13.6. The van der Waals surface area contributed by atoms with Crippen molar-refractivity contribution in [3.05, 3.63) is 0 Å². The van der Waals surface area contributed by atoms with Gasteiger partial charge in [-0.1, -0.05) is 27.7 Å². The first kappa shape index (κ1) is 18.4. The Morgan fingerprint density at radius 2 is 1.79 bits per heavy atom.